The van der Waals surface area contributed by atoms with Crippen molar-refractivity contribution < 1.29 is 4.42 Å². The molecule has 160 valence electrons. The Balaban J connectivity index is 1.71. The summed E-state index contributed by atoms with van der Waals surface area (Å²) in [7, 11) is 0. The van der Waals surface area contributed by atoms with Gasteiger partial charge in [0.2, 0.25) is 0 Å². The van der Waals surface area contributed by atoms with Crippen molar-refractivity contribution in [3.8, 4) is 11.1 Å². The number of rotatable bonds is 3. The van der Waals surface area contributed by atoms with Crippen LogP contribution in [-0.4, -0.2) is 4.40 Å². The Morgan fingerprint density at radius 2 is 1.41 bits per heavy atom. The van der Waals surface area contributed by atoms with Gasteiger partial charge in [0.25, 0.3) is 5.56 Å². The van der Waals surface area contributed by atoms with Crippen molar-refractivity contribution in [1.29, 1.82) is 0 Å². The van der Waals surface area contributed by atoms with Crippen molar-refractivity contribution in [2.24, 2.45) is 0 Å². The van der Waals surface area contributed by atoms with Crippen molar-refractivity contribution in [2.45, 2.75) is 0 Å². The molecule has 0 atom stereocenters. The number of nitrogens with zero attached hydrogens (tertiary/aromatic N) is 1. The summed E-state index contributed by atoms with van der Waals surface area (Å²) in [6.07, 6.45) is 3.56. The largest absolute Gasteiger partial charge is 0.455 e. The number of hydrogen-bond acceptors (Lipinski definition) is 2. The minimum Gasteiger partial charge on any atom is -0.455 e. The first-order valence-electron chi connectivity index (χ1n) is 11.2. The number of fused-ring (bicyclic) bond motifs is 5. The molecule has 3 heterocycles. The predicted octanol–water partition coefficient (Wildman–Crippen LogP) is 7.90. The molecule has 4 aromatic carbocycles. The average Bonchev–Trinajstić information content (AvgIpc) is 3.42. The number of hydrogen-bond donors (Lipinski definition) is 0. The molecule has 3 aromatic heterocycles. The smallest absolute Gasteiger partial charge is 0.263 e. The van der Waals surface area contributed by atoms with E-state index >= 15 is 0 Å². The molecule has 7 rings (SSSR count). The van der Waals surface area contributed by atoms with Gasteiger partial charge in [0, 0.05) is 38.1 Å². The molecule has 0 spiro atoms. The lowest BCUT2D eigenvalue weighted by Gasteiger charge is -2.10. The van der Waals surface area contributed by atoms with Crippen molar-refractivity contribution in [3.63, 3.8) is 0 Å². The quantitative estimate of drug-likeness (QED) is 0.263. The van der Waals surface area contributed by atoms with Crippen molar-refractivity contribution in [3.05, 3.63) is 114 Å². The van der Waals surface area contributed by atoms with Gasteiger partial charge in [-0.25, -0.2) is 0 Å². The molecular weight excluding hydrogens is 418 g/mol. The first-order chi connectivity index (χ1) is 16.7. The predicted molar refractivity (Wildman–Crippen MR) is 143 cm³/mol. The molecule has 0 fully saturated rings. The lowest BCUT2D eigenvalue weighted by atomic mass is 9.96. The molecule has 3 heteroatoms. The molecule has 0 radical (unpaired) electrons. The second-order valence-electron chi connectivity index (χ2n) is 8.59. The monoisotopic (exact) mass is 437 g/mol. The van der Waals surface area contributed by atoms with E-state index in [1.165, 1.54) is 0 Å². The summed E-state index contributed by atoms with van der Waals surface area (Å²) in [6, 6.07) is 26.5. The van der Waals surface area contributed by atoms with Gasteiger partial charge in [0.05, 0.1) is 11.2 Å². The number of aromatic nitrogens is 1. The highest BCUT2D eigenvalue weighted by Gasteiger charge is 2.21. The van der Waals surface area contributed by atoms with Crippen LogP contribution in [0.25, 0.3) is 72.3 Å². The Hall–Kier alpha value is -4.63. The zero-order chi connectivity index (χ0) is 23.0. The highest BCUT2D eigenvalue weighted by atomic mass is 16.3. The maximum atomic E-state index is 13.5. The molecule has 3 nitrogen and oxygen atoms in total. The standard InChI is InChI=1S/C31H19NO2/c1-3-19-25-16-18(20-13-9-14-23-22-11-7-8-15-28(22)34-30(20)23)17-26-21-10-5-6-12-24(21)31(33)32(29(25)26)27(19)4-2/h3-17H,1-2H2. The maximum absolute atomic E-state index is 13.5. The topological polar surface area (TPSA) is 34.6 Å². The molecule has 0 saturated heterocycles. The maximum Gasteiger partial charge on any atom is 0.263 e. The third kappa shape index (κ3) is 2.28. The molecule has 0 aliphatic heterocycles. The zero-order valence-electron chi connectivity index (χ0n) is 18.3. The molecule has 0 bridgehead atoms. The summed E-state index contributed by atoms with van der Waals surface area (Å²) >= 11 is 0. The number of pyridine rings is 1. The van der Waals surface area contributed by atoms with Gasteiger partial charge in [-0.3, -0.25) is 9.20 Å². The van der Waals surface area contributed by atoms with Crippen molar-refractivity contribution in [1.82, 2.24) is 4.40 Å². The van der Waals surface area contributed by atoms with Crippen LogP contribution in [0.4, 0.5) is 0 Å². The zero-order valence-corrected chi connectivity index (χ0v) is 18.3. The van der Waals surface area contributed by atoms with E-state index in [0.717, 1.165) is 66.0 Å². The molecule has 0 unspecified atom stereocenters. The van der Waals surface area contributed by atoms with Gasteiger partial charge in [-0.05, 0) is 41.3 Å². The summed E-state index contributed by atoms with van der Waals surface area (Å²) in [5.74, 6) is 0. The first kappa shape index (κ1) is 18.9. The highest BCUT2D eigenvalue weighted by molar-refractivity contribution is 6.17. The first-order valence-corrected chi connectivity index (χ1v) is 11.2. The molecule has 7 aromatic rings. The van der Waals surface area contributed by atoms with Gasteiger partial charge in [-0.2, -0.15) is 0 Å². The van der Waals surface area contributed by atoms with Gasteiger partial charge < -0.3 is 4.42 Å². The van der Waals surface area contributed by atoms with E-state index in [0.29, 0.717) is 5.39 Å². The van der Waals surface area contributed by atoms with E-state index in [9.17, 15) is 4.79 Å². The third-order valence-corrected chi connectivity index (χ3v) is 6.90. The Labute approximate surface area is 194 Å². The summed E-state index contributed by atoms with van der Waals surface area (Å²) in [5, 5.41) is 5.81. The highest BCUT2D eigenvalue weighted by Crippen LogP contribution is 2.41. The molecule has 0 aliphatic rings. The van der Waals surface area contributed by atoms with E-state index in [-0.39, 0.29) is 5.56 Å². The Morgan fingerprint density at radius 1 is 0.706 bits per heavy atom. The Morgan fingerprint density at radius 3 is 2.21 bits per heavy atom. The summed E-state index contributed by atoms with van der Waals surface area (Å²) in [6.45, 7) is 8.05. The second kappa shape index (κ2) is 6.69. The van der Waals surface area contributed by atoms with Crippen LogP contribution >= 0.6 is 0 Å². The molecule has 34 heavy (non-hydrogen) atoms. The van der Waals surface area contributed by atoms with Crippen LogP contribution in [0.3, 0.4) is 0 Å². The fourth-order valence-corrected chi connectivity index (χ4v) is 5.45. The van der Waals surface area contributed by atoms with Gasteiger partial charge in [0.15, 0.2) is 0 Å². The van der Waals surface area contributed by atoms with Gasteiger partial charge >= 0.3 is 0 Å². The molecule has 0 N–H and O–H groups in total. The second-order valence-corrected chi connectivity index (χ2v) is 8.59. The SMILES string of the molecule is C=Cc1c(C=C)n2c(=O)c3ccccc3c3cc(-c4cccc5c4oc4ccccc45)cc1c32. The lowest BCUT2D eigenvalue weighted by molar-refractivity contribution is 0.670. The van der Waals surface area contributed by atoms with Crippen LogP contribution in [-0.2, 0) is 0 Å². The average molecular weight is 437 g/mol. The summed E-state index contributed by atoms with van der Waals surface area (Å²) < 4.78 is 8.12. The summed E-state index contributed by atoms with van der Waals surface area (Å²) in [4.78, 5) is 13.5. The molecule has 0 aliphatic carbocycles. The van der Waals surface area contributed by atoms with Crippen molar-refractivity contribution >= 4 is 61.2 Å². The van der Waals surface area contributed by atoms with Crippen LogP contribution in [0.15, 0.2) is 101 Å². The Bertz CT molecular complexity index is 2020. The van der Waals surface area contributed by atoms with Crippen molar-refractivity contribution in [2.75, 3.05) is 0 Å². The van der Waals surface area contributed by atoms with Gasteiger partial charge in [-0.15, -0.1) is 0 Å². The van der Waals surface area contributed by atoms with E-state index in [4.69, 9.17) is 4.42 Å². The van der Waals surface area contributed by atoms with E-state index in [2.05, 4.69) is 49.6 Å². The lowest BCUT2D eigenvalue weighted by Crippen LogP contribution is -2.14. The number of benzene rings is 4. The van der Waals surface area contributed by atoms with E-state index < -0.39 is 0 Å². The Kier molecular flexibility index (Phi) is 3.72. The van der Waals surface area contributed by atoms with E-state index in [1.807, 2.05) is 48.5 Å². The van der Waals surface area contributed by atoms with Crippen LogP contribution in [0.2, 0.25) is 0 Å². The minimum absolute atomic E-state index is 0.0387. The summed E-state index contributed by atoms with van der Waals surface area (Å²) in [5.41, 5.74) is 6.32. The minimum atomic E-state index is -0.0387. The van der Waals surface area contributed by atoms with Crippen LogP contribution in [0.1, 0.15) is 11.3 Å². The van der Waals surface area contributed by atoms with Crippen LogP contribution in [0, 0.1) is 0 Å². The van der Waals surface area contributed by atoms with E-state index in [1.54, 1.807) is 10.5 Å². The fraction of sp³-hybridized carbons (Fsp3) is 0. The van der Waals surface area contributed by atoms with Gasteiger partial charge in [-0.1, -0.05) is 73.8 Å². The molecule has 0 amide bonds. The normalized spacial score (nSPS) is 11.9. The third-order valence-electron chi connectivity index (χ3n) is 6.90. The fourth-order valence-electron chi connectivity index (χ4n) is 5.45. The van der Waals surface area contributed by atoms with Gasteiger partial charge in [0.1, 0.15) is 11.2 Å². The molecular formula is C31H19NO2. The van der Waals surface area contributed by atoms with Crippen LogP contribution < -0.4 is 5.56 Å². The molecule has 0 saturated carbocycles. The van der Waals surface area contributed by atoms with Crippen LogP contribution in [0.5, 0.6) is 0 Å². The number of furan rings is 1. The number of para-hydroxylation sites is 2.